The fourth-order valence-corrected chi connectivity index (χ4v) is 2.72. The Bertz CT molecular complexity index is 182. The van der Waals surface area contributed by atoms with Gasteiger partial charge in [-0.05, 0) is 47.0 Å². The van der Waals surface area contributed by atoms with Gasteiger partial charge in [-0.3, -0.25) is 4.90 Å². The Morgan fingerprint density at radius 2 is 2.19 bits per heavy atom. The Kier molecular flexibility index (Phi) is 6.32. The van der Waals surface area contributed by atoms with Crippen molar-refractivity contribution in [3.05, 3.63) is 0 Å². The number of rotatable bonds is 7. The maximum atomic E-state index is 3.45. The SMILES string of the molecule is CCCC(CN1CCCC1CN(C)C)NC. The van der Waals surface area contributed by atoms with Gasteiger partial charge in [-0.2, -0.15) is 0 Å². The van der Waals surface area contributed by atoms with Gasteiger partial charge in [0.1, 0.15) is 0 Å². The van der Waals surface area contributed by atoms with E-state index in [-0.39, 0.29) is 0 Å². The topological polar surface area (TPSA) is 18.5 Å². The zero-order valence-electron chi connectivity index (χ0n) is 11.5. The van der Waals surface area contributed by atoms with Crippen LogP contribution >= 0.6 is 0 Å². The van der Waals surface area contributed by atoms with E-state index < -0.39 is 0 Å². The average molecular weight is 227 g/mol. The second-order valence-corrected chi connectivity index (χ2v) is 5.33. The molecule has 0 aromatic heterocycles. The van der Waals surface area contributed by atoms with Crippen molar-refractivity contribution in [3.8, 4) is 0 Å². The van der Waals surface area contributed by atoms with Gasteiger partial charge in [0, 0.05) is 25.2 Å². The van der Waals surface area contributed by atoms with Crippen LogP contribution in [0.5, 0.6) is 0 Å². The predicted octanol–water partition coefficient (Wildman–Crippen LogP) is 1.40. The van der Waals surface area contributed by atoms with Crippen LogP contribution in [-0.2, 0) is 0 Å². The molecule has 1 N–H and O–H groups in total. The summed E-state index contributed by atoms with van der Waals surface area (Å²) in [5, 5.41) is 3.45. The quantitative estimate of drug-likeness (QED) is 0.709. The van der Waals surface area contributed by atoms with Gasteiger partial charge in [-0.1, -0.05) is 13.3 Å². The third-order valence-corrected chi connectivity index (χ3v) is 3.58. The molecule has 1 rings (SSSR count). The number of hydrogen-bond donors (Lipinski definition) is 1. The van der Waals surface area contributed by atoms with Gasteiger partial charge in [-0.15, -0.1) is 0 Å². The Labute approximate surface area is 101 Å². The molecule has 3 nitrogen and oxygen atoms in total. The third-order valence-electron chi connectivity index (χ3n) is 3.58. The van der Waals surface area contributed by atoms with Crippen molar-refractivity contribution in [3.63, 3.8) is 0 Å². The van der Waals surface area contributed by atoms with Crippen molar-refractivity contribution in [1.29, 1.82) is 0 Å². The van der Waals surface area contributed by atoms with E-state index in [1.165, 1.54) is 45.3 Å². The fraction of sp³-hybridized carbons (Fsp3) is 1.00. The van der Waals surface area contributed by atoms with Crippen LogP contribution in [0.4, 0.5) is 0 Å². The lowest BCUT2D eigenvalue weighted by atomic mass is 10.1. The summed E-state index contributed by atoms with van der Waals surface area (Å²) in [6.07, 6.45) is 5.32. The highest BCUT2D eigenvalue weighted by molar-refractivity contribution is 4.83. The number of hydrogen-bond acceptors (Lipinski definition) is 3. The molecule has 1 aliphatic heterocycles. The van der Waals surface area contributed by atoms with Crippen LogP contribution in [0.2, 0.25) is 0 Å². The van der Waals surface area contributed by atoms with Crippen molar-refractivity contribution in [2.24, 2.45) is 0 Å². The van der Waals surface area contributed by atoms with Crippen molar-refractivity contribution in [2.75, 3.05) is 40.8 Å². The minimum absolute atomic E-state index is 0.674. The Morgan fingerprint density at radius 1 is 1.44 bits per heavy atom. The molecule has 0 radical (unpaired) electrons. The van der Waals surface area contributed by atoms with E-state index in [1.807, 2.05) is 0 Å². The third kappa shape index (κ3) is 4.40. The number of nitrogens with zero attached hydrogens (tertiary/aromatic N) is 2. The molecule has 2 unspecified atom stereocenters. The summed E-state index contributed by atoms with van der Waals surface area (Å²) in [4.78, 5) is 4.99. The second kappa shape index (κ2) is 7.25. The maximum absolute atomic E-state index is 3.45. The lowest BCUT2D eigenvalue weighted by Gasteiger charge is -2.30. The molecular weight excluding hydrogens is 198 g/mol. The summed E-state index contributed by atoms with van der Waals surface area (Å²) in [6.45, 7) is 6.00. The van der Waals surface area contributed by atoms with Crippen LogP contribution in [0, 0.1) is 0 Å². The molecule has 0 amide bonds. The molecule has 1 heterocycles. The van der Waals surface area contributed by atoms with E-state index in [1.54, 1.807) is 0 Å². The highest BCUT2D eigenvalue weighted by Crippen LogP contribution is 2.18. The van der Waals surface area contributed by atoms with Gasteiger partial charge < -0.3 is 10.2 Å². The van der Waals surface area contributed by atoms with Gasteiger partial charge in [0.2, 0.25) is 0 Å². The smallest absolute Gasteiger partial charge is 0.0224 e. The highest BCUT2D eigenvalue weighted by atomic mass is 15.2. The monoisotopic (exact) mass is 227 g/mol. The first-order chi connectivity index (χ1) is 7.67. The molecule has 1 fully saturated rings. The molecule has 0 aromatic rings. The maximum Gasteiger partial charge on any atom is 0.0224 e. The van der Waals surface area contributed by atoms with Crippen LogP contribution in [0.15, 0.2) is 0 Å². The summed E-state index contributed by atoms with van der Waals surface area (Å²) in [5.41, 5.74) is 0. The molecule has 0 bridgehead atoms. The van der Waals surface area contributed by atoms with Crippen molar-refractivity contribution >= 4 is 0 Å². The van der Waals surface area contributed by atoms with Gasteiger partial charge in [0.05, 0.1) is 0 Å². The number of nitrogens with one attached hydrogen (secondary N) is 1. The van der Waals surface area contributed by atoms with Gasteiger partial charge in [-0.25, -0.2) is 0 Å². The Balaban J connectivity index is 2.38. The fourth-order valence-electron chi connectivity index (χ4n) is 2.72. The number of likely N-dealkylation sites (N-methyl/N-ethyl adjacent to an activating group) is 2. The van der Waals surface area contributed by atoms with Crippen molar-refractivity contribution < 1.29 is 0 Å². The molecule has 3 heteroatoms. The van der Waals surface area contributed by atoms with Gasteiger partial charge in [0.15, 0.2) is 0 Å². The molecule has 0 aliphatic carbocycles. The minimum atomic E-state index is 0.674. The van der Waals surface area contributed by atoms with E-state index in [4.69, 9.17) is 0 Å². The van der Waals surface area contributed by atoms with Crippen molar-refractivity contribution in [2.45, 2.75) is 44.7 Å². The Hall–Kier alpha value is -0.120. The lowest BCUT2D eigenvalue weighted by Crippen LogP contribution is -2.44. The highest BCUT2D eigenvalue weighted by Gasteiger charge is 2.26. The summed E-state index contributed by atoms with van der Waals surface area (Å²) in [5.74, 6) is 0. The molecule has 16 heavy (non-hydrogen) atoms. The van der Waals surface area contributed by atoms with Crippen LogP contribution in [0.25, 0.3) is 0 Å². The first kappa shape index (κ1) is 13.9. The van der Waals surface area contributed by atoms with Crippen molar-refractivity contribution in [1.82, 2.24) is 15.1 Å². The molecular formula is C13H29N3. The summed E-state index contributed by atoms with van der Waals surface area (Å²) < 4.78 is 0. The molecule has 1 saturated heterocycles. The van der Waals surface area contributed by atoms with Crippen LogP contribution in [0.3, 0.4) is 0 Å². The predicted molar refractivity (Wildman–Crippen MR) is 70.9 cm³/mol. The first-order valence-corrected chi connectivity index (χ1v) is 6.73. The van der Waals surface area contributed by atoms with E-state index in [0.29, 0.717) is 6.04 Å². The first-order valence-electron chi connectivity index (χ1n) is 6.73. The van der Waals surface area contributed by atoms with E-state index in [9.17, 15) is 0 Å². The van der Waals surface area contributed by atoms with E-state index >= 15 is 0 Å². The zero-order chi connectivity index (χ0) is 12.0. The van der Waals surface area contributed by atoms with E-state index in [2.05, 4.69) is 43.2 Å². The summed E-state index contributed by atoms with van der Waals surface area (Å²) in [7, 11) is 6.45. The zero-order valence-corrected chi connectivity index (χ0v) is 11.5. The second-order valence-electron chi connectivity index (χ2n) is 5.33. The molecule has 2 atom stereocenters. The van der Waals surface area contributed by atoms with Crippen LogP contribution < -0.4 is 5.32 Å². The Morgan fingerprint density at radius 3 is 2.75 bits per heavy atom. The molecule has 0 spiro atoms. The largest absolute Gasteiger partial charge is 0.316 e. The molecule has 1 aliphatic rings. The van der Waals surface area contributed by atoms with E-state index in [0.717, 1.165) is 6.04 Å². The molecule has 96 valence electrons. The lowest BCUT2D eigenvalue weighted by molar-refractivity contribution is 0.188. The molecule has 0 aromatic carbocycles. The van der Waals surface area contributed by atoms with Gasteiger partial charge in [0.25, 0.3) is 0 Å². The summed E-state index contributed by atoms with van der Waals surface area (Å²) in [6, 6.07) is 1.45. The number of likely N-dealkylation sites (tertiary alicyclic amines) is 1. The van der Waals surface area contributed by atoms with Crippen LogP contribution in [0.1, 0.15) is 32.6 Å². The molecule has 0 saturated carbocycles. The van der Waals surface area contributed by atoms with Gasteiger partial charge >= 0.3 is 0 Å². The normalized spacial score (nSPS) is 24.2. The van der Waals surface area contributed by atoms with Crippen LogP contribution in [-0.4, -0.2) is 62.7 Å². The standard InChI is InChI=1S/C13H29N3/c1-5-7-12(14-2)10-16-9-6-8-13(16)11-15(3)4/h12-14H,5-11H2,1-4H3. The summed E-state index contributed by atoms with van der Waals surface area (Å²) >= 11 is 0. The minimum Gasteiger partial charge on any atom is -0.316 e. The average Bonchev–Trinajstić information content (AvgIpc) is 2.64.